The lowest BCUT2D eigenvalue weighted by atomic mass is 9.92. The smallest absolute Gasteiger partial charge is 0.0645 e. The van der Waals surface area contributed by atoms with Crippen molar-refractivity contribution in [1.29, 1.82) is 0 Å². The van der Waals surface area contributed by atoms with Gasteiger partial charge in [-0.3, -0.25) is 4.90 Å². The van der Waals surface area contributed by atoms with Crippen LogP contribution in [0.15, 0.2) is 0 Å². The minimum atomic E-state index is 0.209. The van der Waals surface area contributed by atoms with Gasteiger partial charge in [0.25, 0.3) is 0 Å². The maximum Gasteiger partial charge on any atom is 0.0645 e. The molecular formula is C13H26N2O. The number of nitrogens with one attached hydrogen (secondary N) is 1. The summed E-state index contributed by atoms with van der Waals surface area (Å²) in [6.07, 6.45) is 2.66. The maximum absolute atomic E-state index is 5.56. The zero-order valence-electron chi connectivity index (χ0n) is 11.0. The molecule has 3 heteroatoms. The maximum atomic E-state index is 5.56. The zero-order valence-corrected chi connectivity index (χ0v) is 11.0. The Morgan fingerprint density at radius 1 is 1.44 bits per heavy atom. The van der Waals surface area contributed by atoms with Gasteiger partial charge in [0, 0.05) is 24.7 Å². The van der Waals surface area contributed by atoms with Crippen LogP contribution in [-0.2, 0) is 4.74 Å². The van der Waals surface area contributed by atoms with E-state index in [0.29, 0.717) is 6.04 Å². The van der Waals surface area contributed by atoms with Crippen molar-refractivity contribution in [1.82, 2.24) is 10.2 Å². The topological polar surface area (TPSA) is 24.5 Å². The third-order valence-electron chi connectivity index (χ3n) is 4.01. The van der Waals surface area contributed by atoms with E-state index in [1.165, 1.54) is 25.9 Å². The van der Waals surface area contributed by atoms with Crippen LogP contribution in [0.25, 0.3) is 0 Å². The van der Waals surface area contributed by atoms with Crippen molar-refractivity contribution >= 4 is 0 Å². The molecule has 0 aliphatic carbocycles. The van der Waals surface area contributed by atoms with E-state index in [9.17, 15) is 0 Å². The highest BCUT2D eigenvalue weighted by molar-refractivity contribution is 4.88. The average Bonchev–Trinajstić information content (AvgIpc) is 2.21. The standard InChI is InChI=1S/C13H26N2O/c1-11-4-5-14-12(8-11)9-15-6-7-16-10-13(15,2)3/h11-12,14H,4-10H2,1-3H3. The van der Waals surface area contributed by atoms with Crippen LogP contribution >= 0.6 is 0 Å². The molecule has 0 saturated carbocycles. The molecule has 0 spiro atoms. The molecule has 3 nitrogen and oxygen atoms in total. The second-order valence-electron chi connectivity index (χ2n) is 6.09. The van der Waals surface area contributed by atoms with Crippen molar-refractivity contribution in [3.8, 4) is 0 Å². The Balaban J connectivity index is 1.87. The van der Waals surface area contributed by atoms with Gasteiger partial charge < -0.3 is 10.1 Å². The number of hydrogen-bond donors (Lipinski definition) is 1. The Kier molecular flexibility index (Phi) is 3.88. The summed E-state index contributed by atoms with van der Waals surface area (Å²) in [6, 6.07) is 0.682. The summed E-state index contributed by atoms with van der Waals surface area (Å²) in [5.74, 6) is 0.885. The highest BCUT2D eigenvalue weighted by Crippen LogP contribution is 2.22. The van der Waals surface area contributed by atoms with E-state index in [0.717, 1.165) is 25.7 Å². The molecule has 1 N–H and O–H groups in total. The SMILES string of the molecule is CC1CCNC(CN2CCOCC2(C)C)C1. The summed E-state index contributed by atoms with van der Waals surface area (Å²) in [5.41, 5.74) is 0.209. The van der Waals surface area contributed by atoms with Gasteiger partial charge in [0.2, 0.25) is 0 Å². The fourth-order valence-electron chi connectivity index (χ4n) is 2.85. The molecule has 2 aliphatic rings. The predicted molar refractivity (Wildman–Crippen MR) is 66.7 cm³/mol. The summed E-state index contributed by atoms with van der Waals surface area (Å²) in [4.78, 5) is 2.59. The molecule has 2 rings (SSSR count). The fraction of sp³-hybridized carbons (Fsp3) is 1.00. The summed E-state index contributed by atoms with van der Waals surface area (Å²) < 4.78 is 5.56. The fourth-order valence-corrected chi connectivity index (χ4v) is 2.85. The Morgan fingerprint density at radius 2 is 2.25 bits per heavy atom. The second kappa shape index (κ2) is 5.03. The minimum absolute atomic E-state index is 0.209. The van der Waals surface area contributed by atoms with E-state index < -0.39 is 0 Å². The Labute approximate surface area is 99.5 Å². The van der Waals surface area contributed by atoms with E-state index in [4.69, 9.17) is 4.74 Å². The van der Waals surface area contributed by atoms with Crippen LogP contribution in [0, 0.1) is 5.92 Å². The Bertz CT molecular complexity index is 230. The number of hydrogen-bond acceptors (Lipinski definition) is 3. The van der Waals surface area contributed by atoms with Gasteiger partial charge in [0.05, 0.1) is 13.2 Å². The van der Waals surface area contributed by atoms with E-state index in [1.54, 1.807) is 0 Å². The first-order valence-corrected chi connectivity index (χ1v) is 6.64. The van der Waals surface area contributed by atoms with Gasteiger partial charge >= 0.3 is 0 Å². The van der Waals surface area contributed by atoms with E-state index in [1.807, 2.05) is 0 Å². The molecule has 94 valence electrons. The molecule has 0 amide bonds. The van der Waals surface area contributed by atoms with Gasteiger partial charge in [-0.1, -0.05) is 6.92 Å². The van der Waals surface area contributed by atoms with Crippen molar-refractivity contribution in [3.05, 3.63) is 0 Å². The van der Waals surface area contributed by atoms with Crippen molar-refractivity contribution < 1.29 is 4.74 Å². The molecule has 0 radical (unpaired) electrons. The van der Waals surface area contributed by atoms with Crippen LogP contribution < -0.4 is 5.32 Å². The number of morpholine rings is 1. The van der Waals surface area contributed by atoms with Crippen molar-refractivity contribution in [2.45, 2.75) is 45.2 Å². The molecular weight excluding hydrogens is 200 g/mol. The van der Waals surface area contributed by atoms with Gasteiger partial charge in [-0.05, 0) is 39.2 Å². The number of rotatable bonds is 2. The van der Waals surface area contributed by atoms with Gasteiger partial charge in [0.1, 0.15) is 0 Å². The average molecular weight is 226 g/mol. The summed E-state index contributed by atoms with van der Waals surface area (Å²) in [6.45, 7) is 12.2. The predicted octanol–water partition coefficient (Wildman–Crippen LogP) is 1.49. The van der Waals surface area contributed by atoms with Crippen LogP contribution in [0.1, 0.15) is 33.6 Å². The highest BCUT2D eigenvalue weighted by Gasteiger charge is 2.32. The molecule has 2 saturated heterocycles. The van der Waals surface area contributed by atoms with Gasteiger partial charge in [-0.15, -0.1) is 0 Å². The molecule has 2 unspecified atom stereocenters. The first-order valence-electron chi connectivity index (χ1n) is 6.64. The Hall–Kier alpha value is -0.120. The van der Waals surface area contributed by atoms with Crippen LogP contribution in [0.4, 0.5) is 0 Å². The van der Waals surface area contributed by atoms with Gasteiger partial charge in [-0.2, -0.15) is 0 Å². The minimum Gasteiger partial charge on any atom is -0.378 e. The second-order valence-corrected chi connectivity index (χ2v) is 6.09. The van der Waals surface area contributed by atoms with Crippen LogP contribution in [0.5, 0.6) is 0 Å². The third kappa shape index (κ3) is 2.96. The van der Waals surface area contributed by atoms with Crippen LogP contribution in [0.2, 0.25) is 0 Å². The van der Waals surface area contributed by atoms with Gasteiger partial charge in [-0.25, -0.2) is 0 Å². The largest absolute Gasteiger partial charge is 0.378 e. The first kappa shape index (κ1) is 12.3. The monoisotopic (exact) mass is 226 g/mol. The molecule has 0 bridgehead atoms. The summed E-state index contributed by atoms with van der Waals surface area (Å²) >= 11 is 0. The number of ether oxygens (including phenoxy) is 1. The first-order chi connectivity index (χ1) is 7.58. The Morgan fingerprint density at radius 3 is 2.94 bits per heavy atom. The molecule has 0 aromatic heterocycles. The molecule has 0 aromatic rings. The molecule has 16 heavy (non-hydrogen) atoms. The molecule has 2 fully saturated rings. The number of nitrogens with zero attached hydrogens (tertiary/aromatic N) is 1. The van der Waals surface area contributed by atoms with E-state index in [-0.39, 0.29) is 5.54 Å². The van der Waals surface area contributed by atoms with Crippen LogP contribution in [-0.4, -0.2) is 49.3 Å². The van der Waals surface area contributed by atoms with E-state index in [2.05, 4.69) is 31.0 Å². The highest BCUT2D eigenvalue weighted by atomic mass is 16.5. The lowest BCUT2D eigenvalue weighted by Gasteiger charge is -2.44. The van der Waals surface area contributed by atoms with Crippen molar-refractivity contribution in [3.63, 3.8) is 0 Å². The van der Waals surface area contributed by atoms with E-state index >= 15 is 0 Å². The van der Waals surface area contributed by atoms with Crippen LogP contribution in [0.3, 0.4) is 0 Å². The number of piperidine rings is 1. The molecule has 0 aromatic carbocycles. The summed E-state index contributed by atoms with van der Waals surface area (Å²) in [5, 5.41) is 3.65. The van der Waals surface area contributed by atoms with Crippen molar-refractivity contribution in [2.75, 3.05) is 32.8 Å². The quantitative estimate of drug-likeness (QED) is 0.772. The lowest BCUT2D eigenvalue weighted by Crippen LogP contribution is -2.57. The van der Waals surface area contributed by atoms with Crippen molar-refractivity contribution in [2.24, 2.45) is 5.92 Å². The molecule has 2 atom stereocenters. The molecule has 2 heterocycles. The summed E-state index contributed by atoms with van der Waals surface area (Å²) in [7, 11) is 0. The molecule has 2 aliphatic heterocycles. The zero-order chi connectivity index (χ0) is 11.6. The lowest BCUT2D eigenvalue weighted by molar-refractivity contribution is -0.0560. The third-order valence-corrected chi connectivity index (χ3v) is 4.01. The van der Waals surface area contributed by atoms with Gasteiger partial charge in [0.15, 0.2) is 0 Å². The normalized spacial score (nSPS) is 36.2.